The first-order valence-electron chi connectivity index (χ1n) is 9.03. The van der Waals surface area contributed by atoms with Crippen LogP contribution in [0.15, 0.2) is 59.6 Å². The van der Waals surface area contributed by atoms with Gasteiger partial charge in [-0.3, -0.25) is 14.7 Å². The largest absolute Gasteiger partial charge is 0.469 e. The van der Waals surface area contributed by atoms with Gasteiger partial charge >= 0.3 is 5.97 Å². The smallest absolute Gasteiger partial charge is 0.309 e. The van der Waals surface area contributed by atoms with Gasteiger partial charge in [0.15, 0.2) is 0 Å². The van der Waals surface area contributed by atoms with Gasteiger partial charge in [-0.25, -0.2) is 4.39 Å². The van der Waals surface area contributed by atoms with E-state index in [0.29, 0.717) is 11.5 Å². The summed E-state index contributed by atoms with van der Waals surface area (Å²) in [5.41, 5.74) is 2.42. The molecule has 1 heterocycles. The van der Waals surface area contributed by atoms with Crippen molar-refractivity contribution in [3.05, 3.63) is 77.2 Å². The van der Waals surface area contributed by atoms with Crippen LogP contribution in [0.5, 0.6) is 0 Å². The minimum Gasteiger partial charge on any atom is -0.469 e. The number of aryl methyl sites for hydroxylation is 1. The van der Waals surface area contributed by atoms with E-state index >= 15 is 0 Å². The predicted molar refractivity (Wildman–Crippen MR) is 111 cm³/mol. The van der Waals surface area contributed by atoms with Crippen molar-refractivity contribution in [2.24, 2.45) is 4.99 Å². The van der Waals surface area contributed by atoms with Gasteiger partial charge in [0.1, 0.15) is 11.6 Å². The maximum atomic E-state index is 13.1. The number of carbonyl (C=O) groups excluding carboxylic acids is 2. The van der Waals surface area contributed by atoms with Crippen molar-refractivity contribution in [1.82, 2.24) is 10.2 Å². The lowest BCUT2D eigenvalue weighted by atomic mass is 10.1. The summed E-state index contributed by atoms with van der Waals surface area (Å²) in [5.74, 6) is -0.642. The first kappa shape index (κ1) is 20.7. The molecule has 3 N–H and O–H groups in total. The van der Waals surface area contributed by atoms with E-state index in [1.807, 2.05) is 6.92 Å². The van der Waals surface area contributed by atoms with E-state index in [1.54, 1.807) is 30.3 Å². The Morgan fingerprint density at radius 2 is 1.80 bits per heavy atom. The number of nitrogens with zero attached hydrogens (tertiary/aromatic N) is 2. The molecule has 1 aromatic heterocycles. The average Bonchev–Trinajstić information content (AvgIpc) is 3.14. The highest BCUT2D eigenvalue weighted by molar-refractivity contribution is 6.11. The summed E-state index contributed by atoms with van der Waals surface area (Å²) in [6.07, 6.45) is 0.159. The fraction of sp³-hybridized carbons (Fsp3) is 0.143. The molecule has 1 amide bonds. The Morgan fingerprint density at radius 3 is 2.40 bits per heavy atom. The van der Waals surface area contributed by atoms with Crippen LogP contribution in [-0.2, 0) is 16.0 Å². The number of anilines is 2. The minimum atomic E-state index is -0.552. The zero-order valence-corrected chi connectivity index (χ0v) is 16.4. The number of H-pyrrole nitrogens is 1. The number of hydrogen-bond acceptors (Lipinski definition) is 4. The molecule has 0 atom stereocenters. The molecular formula is C21H20FN5O3. The van der Waals surface area contributed by atoms with Gasteiger partial charge in [0.05, 0.1) is 19.2 Å². The summed E-state index contributed by atoms with van der Waals surface area (Å²) in [6.45, 7) is 1.82. The van der Waals surface area contributed by atoms with Crippen LogP contribution in [0.25, 0.3) is 0 Å². The van der Waals surface area contributed by atoms with Gasteiger partial charge in [0.2, 0.25) is 5.96 Å². The number of guanidine groups is 1. The molecule has 8 nitrogen and oxygen atoms in total. The number of rotatable bonds is 5. The minimum absolute atomic E-state index is 0.147. The van der Waals surface area contributed by atoms with Crippen LogP contribution in [0.4, 0.5) is 15.9 Å². The van der Waals surface area contributed by atoms with Crippen LogP contribution in [-0.4, -0.2) is 35.1 Å². The van der Waals surface area contributed by atoms with Crippen LogP contribution < -0.4 is 10.6 Å². The molecule has 30 heavy (non-hydrogen) atoms. The monoisotopic (exact) mass is 409 g/mol. The lowest BCUT2D eigenvalue weighted by molar-refractivity contribution is -0.139. The Kier molecular flexibility index (Phi) is 6.53. The van der Waals surface area contributed by atoms with Gasteiger partial charge in [-0.1, -0.05) is 12.1 Å². The van der Waals surface area contributed by atoms with Gasteiger partial charge in [0, 0.05) is 17.3 Å². The lowest BCUT2D eigenvalue weighted by Gasteiger charge is -2.11. The number of nitrogens with one attached hydrogen (secondary N) is 3. The molecule has 9 heteroatoms. The predicted octanol–water partition coefficient (Wildman–Crippen LogP) is 3.29. The first-order chi connectivity index (χ1) is 14.4. The van der Waals surface area contributed by atoms with Gasteiger partial charge in [-0.15, -0.1) is 0 Å². The Labute approximate surface area is 172 Å². The zero-order valence-electron chi connectivity index (χ0n) is 16.4. The Morgan fingerprint density at radius 1 is 1.10 bits per heavy atom. The van der Waals surface area contributed by atoms with E-state index in [2.05, 4.69) is 30.6 Å². The molecule has 0 saturated carbocycles. The van der Waals surface area contributed by atoms with Gasteiger partial charge in [-0.2, -0.15) is 10.1 Å². The standard InChI is InChI=1S/C21H20FN5O3/c1-13-11-18(27-26-13)24-21(25-20(29)15-5-7-16(22)8-6-15)23-17-9-3-14(4-10-17)12-19(28)30-2/h3-11H,12H2,1-2H3,(H3,23,24,25,26,27,29). The second kappa shape index (κ2) is 9.46. The normalized spacial score (nSPS) is 11.1. The fourth-order valence-corrected chi connectivity index (χ4v) is 2.54. The summed E-state index contributed by atoms with van der Waals surface area (Å²) in [7, 11) is 1.34. The zero-order chi connectivity index (χ0) is 21.5. The molecule has 2 aromatic carbocycles. The van der Waals surface area contributed by atoms with Crippen molar-refractivity contribution in [3.63, 3.8) is 0 Å². The lowest BCUT2D eigenvalue weighted by Crippen LogP contribution is -2.24. The molecule has 0 radical (unpaired) electrons. The Balaban J connectivity index is 1.81. The van der Waals surface area contributed by atoms with E-state index < -0.39 is 11.7 Å². The van der Waals surface area contributed by atoms with Crippen LogP contribution in [0.1, 0.15) is 21.6 Å². The second-order valence-electron chi connectivity index (χ2n) is 6.40. The van der Waals surface area contributed by atoms with Crippen LogP contribution in [0.2, 0.25) is 0 Å². The maximum Gasteiger partial charge on any atom is 0.309 e. The van der Waals surface area contributed by atoms with E-state index in [0.717, 1.165) is 11.3 Å². The van der Waals surface area contributed by atoms with E-state index in [4.69, 9.17) is 0 Å². The van der Waals surface area contributed by atoms with E-state index in [1.165, 1.54) is 31.4 Å². The molecular weight excluding hydrogens is 389 g/mol. The number of ether oxygens (including phenoxy) is 1. The summed E-state index contributed by atoms with van der Waals surface area (Å²) in [5, 5.41) is 12.8. The molecule has 3 rings (SSSR count). The third kappa shape index (κ3) is 5.74. The summed E-state index contributed by atoms with van der Waals surface area (Å²) in [4.78, 5) is 28.0. The molecule has 154 valence electrons. The molecule has 0 bridgehead atoms. The van der Waals surface area contributed by atoms with Crippen molar-refractivity contribution in [2.75, 3.05) is 17.7 Å². The third-order valence-electron chi connectivity index (χ3n) is 4.06. The molecule has 0 aliphatic heterocycles. The summed E-state index contributed by atoms with van der Waals surface area (Å²) in [6, 6.07) is 13.9. The molecule has 0 saturated heterocycles. The number of halogens is 1. The molecule has 3 aromatic rings. The number of aromatic amines is 1. The number of benzene rings is 2. The Bertz CT molecular complexity index is 1060. The van der Waals surface area contributed by atoms with E-state index in [9.17, 15) is 14.0 Å². The van der Waals surface area contributed by atoms with Crippen LogP contribution >= 0.6 is 0 Å². The maximum absolute atomic E-state index is 13.1. The number of aromatic nitrogens is 2. The second-order valence-corrected chi connectivity index (χ2v) is 6.40. The topological polar surface area (TPSA) is 108 Å². The SMILES string of the molecule is COC(=O)Cc1ccc(N/C(=N/C(=O)c2ccc(F)cc2)Nc2cc(C)n[nH]2)cc1. The molecule has 0 aliphatic carbocycles. The van der Waals surface area contributed by atoms with Crippen molar-refractivity contribution in [3.8, 4) is 0 Å². The Hall–Kier alpha value is -4.01. The highest BCUT2D eigenvalue weighted by atomic mass is 19.1. The highest BCUT2D eigenvalue weighted by Crippen LogP contribution is 2.13. The number of aliphatic imine (C=N–C) groups is 1. The summed E-state index contributed by atoms with van der Waals surface area (Å²) >= 11 is 0. The van der Waals surface area contributed by atoms with Gasteiger partial charge in [0.25, 0.3) is 5.91 Å². The van der Waals surface area contributed by atoms with Gasteiger partial charge < -0.3 is 15.4 Å². The highest BCUT2D eigenvalue weighted by Gasteiger charge is 2.10. The number of carbonyl (C=O) groups is 2. The first-order valence-corrected chi connectivity index (χ1v) is 9.03. The van der Waals surface area contributed by atoms with Gasteiger partial charge in [-0.05, 0) is 48.9 Å². The summed E-state index contributed by atoms with van der Waals surface area (Å²) < 4.78 is 17.8. The van der Waals surface area contributed by atoms with E-state index in [-0.39, 0.29) is 23.9 Å². The number of methoxy groups -OCH3 is 1. The number of hydrogen-bond donors (Lipinski definition) is 3. The average molecular weight is 409 g/mol. The van der Waals surface area contributed by atoms with Crippen molar-refractivity contribution >= 4 is 29.3 Å². The molecule has 0 unspecified atom stereocenters. The number of esters is 1. The molecule has 0 aliphatic rings. The van der Waals surface area contributed by atoms with Crippen LogP contribution in [0, 0.1) is 12.7 Å². The van der Waals surface area contributed by atoms with Crippen molar-refractivity contribution in [1.29, 1.82) is 0 Å². The molecule has 0 fully saturated rings. The number of amides is 1. The van der Waals surface area contributed by atoms with Crippen LogP contribution in [0.3, 0.4) is 0 Å². The fourth-order valence-electron chi connectivity index (χ4n) is 2.54. The van der Waals surface area contributed by atoms with Crippen molar-refractivity contribution in [2.45, 2.75) is 13.3 Å². The quantitative estimate of drug-likeness (QED) is 0.339. The van der Waals surface area contributed by atoms with Crippen molar-refractivity contribution < 1.29 is 18.7 Å². The molecule has 0 spiro atoms. The third-order valence-corrected chi connectivity index (χ3v) is 4.06.